The van der Waals surface area contributed by atoms with Crippen LogP contribution in [0.1, 0.15) is 10.4 Å². The average molecular weight is 444 g/mol. The molecule has 4 aromatic rings. The van der Waals surface area contributed by atoms with Crippen molar-refractivity contribution in [2.24, 2.45) is 0 Å². The van der Waals surface area contributed by atoms with Crippen molar-refractivity contribution in [3.05, 3.63) is 76.7 Å². The van der Waals surface area contributed by atoms with Crippen molar-refractivity contribution in [3.63, 3.8) is 0 Å². The number of aromatic nitrogens is 4. The number of fused-ring (bicyclic) bond motifs is 1. The molecule has 0 unspecified atom stereocenters. The van der Waals surface area contributed by atoms with Gasteiger partial charge in [-0.2, -0.15) is 0 Å². The number of para-hydroxylation sites is 1. The fraction of sp³-hybridized carbons (Fsp3) is 0.174. The van der Waals surface area contributed by atoms with Gasteiger partial charge in [0.25, 0.3) is 11.5 Å². The fourth-order valence-electron chi connectivity index (χ4n) is 3.89. The minimum Gasteiger partial charge on any atom is -0.465 e. The minimum atomic E-state index is -0.968. The standard InChI is InChI=1S/C23H20N6O4/c30-21-18(13-16-3-1-2-4-19(16)24-21)20-14-29(26-25-20)17-7-5-15(6-8-17)22(31)27-9-11-28(12-10-27)23(32)33/h1-8,13-14H,9-12H2,(H,24,30)(H,32,33). The third-order valence-corrected chi connectivity index (χ3v) is 5.74. The number of amides is 2. The molecule has 10 heteroatoms. The Bertz CT molecular complexity index is 1400. The first-order chi connectivity index (χ1) is 16.0. The highest BCUT2D eigenvalue weighted by Gasteiger charge is 2.24. The summed E-state index contributed by atoms with van der Waals surface area (Å²) in [6.07, 6.45) is 0.700. The first-order valence-electron chi connectivity index (χ1n) is 10.4. The van der Waals surface area contributed by atoms with Crippen LogP contribution in [0.5, 0.6) is 0 Å². The number of hydrogen-bond donors (Lipinski definition) is 2. The molecular weight excluding hydrogens is 424 g/mol. The highest BCUT2D eigenvalue weighted by Crippen LogP contribution is 2.19. The van der Waals surface area contributed by atoms with Crippen LogP contribution in [-0.2, 0) is 0 Å². The van der Waals surface area contributed by atoms with Gasteiger partial charge in [-0.05, 0) is 41.8 Å². The summed E-state index contributed by atoms with van der Waals surface area (Å²) in [5, 5.41) is 18.2. The summed E-state index contributed by atoms with van der Waals surface area (Å²) in [6, 6.07) is 16.2. The summed E-state index contributed by atoms with van der Waals surface area (Å²) in [7, 11) is 0. The number of hydrogen-bond acceptors (Lipinski definition) is 5. The molecule has 1 saturated heterocycles. The van der Waals surface area contributed by atoms with Gasteiger partial charge in [-0.25, -0.2) is 9.48 Å². The molecule has 1 aliphatic rings. The van der Waals surface area contributed by atoms with Crippen molar-refractivity contribution >= 4 is 22.9 Å². The molecule has 0 saturated carbocycles. The molecule has 3 heterocycles. The van der Waals surface area contributed by atoms with Crippen LogP contribution in [0.4, 0.5) is 4.79 Å². The second-order valence-electron chi connectivity index (χ2n) is 7.76. The number of piperazine rings is 1. The highest BCUT2D eigenvalue weighted by molar-refractivity contribution is 5.94. The molecule has 5 rings (SSSR count). The molecule has 0 atom stereocenters. The number of nitrogens with zero attached hydrogens (tertiary/aromatic N) is 5. The topological polar surface area (TPSA) is 124 Å². The van der Waals surface area contributed by atoms with Crippen molar-refractivity contribution in [2.45, 2.75) is 0 Å². The molecule has 2 amide bonds. The maximum absolute atomic E-state index is 12.7. The Hall–Kier alpha value is -4.47. The summed E-state index contributed by atoms with van der Waals surface area (Å²) < 4.78 is 1.55. The zero-order chi connectivity index (χ0) is 22.9. The SMILES string of the molecule is O=C(O)N1CCN(C(=O)c2ccc(-n3cc(-c4cc5ccccc5[nH]c4=O)nn3)cc2)CC1. The van der Waals surface area contributed by atoms with Gasteiger partial charge in [0.2, 0.25) is 0 Å². The van der Waals surface area contributed by atoms with Gasteiger partial charge in [0.05, 0.1) is 17.4 Å². The second kappa shape index (κ2) is 8.23. The number of rotatable bonds is 3. The smallest absolute Gasteiger partial charge is 0.407 e. The first kappa shape index (κ1) is 20.4. The van der Waals surface area contributed by atoms with E-state index >= 15 is 0 Å². The van der Waals surface area contributed by atoms with Crippen LogP contribution in [0.15, 0.2) is 65.6 Å². The first-order valence-corrected chi connectivity index (χ1v) is 10.4. The Kier molecular flexibility index (Phi) is 5.09. The third kappa shape index (κ3) is 3.93. The van der Waals surface area contributed by atoms with Crippen molar-refractivity contribution in [2.75, 3.05) is 26.2 Å². The lowest BCUT2D eigenvalue weighted by atomic mass is 10.1. The van der Waals surface area contributed by atoms with E-state index in [0.29, 0.717) is 48.7 Å². The lowest BCUT2D eigenvalue weighted by Crippen LogP contribution is -2.50. The average Bonchev–Trinajstić information content (AvgIpc) is 3.33. The van der Waals surface area contributed by atoms with Gasteiger partial charge in [-0.15, -0.1) is 5.10 Å². The molecule has 0 bridgehead atoms. The molecular formula is C23H20N6O4. The molecule has 0 aliphatic carbocycles. The molecule has 166 valence electrons. The van der Waals surface area contributed by atoms with Crippen molar-refractivity contribution < 1.29 is 14.7 Å². The zero-order valence-corrected chi connectivity index (χ0v) is 17.5. The number of aromatic amines is 1. The monoisotopic (exact) mass is 444 g/mol. The van der Waals surface area contributed by atoms with E-state index in [4.69, 9.17) is 5.11 Å². The van der Waals surface area contributed by atoms with Gasteiger partial charge < -0.3 is 19.9 Å². The van der Waals surface area contributed by atoms with Crippen LogP contribution in [0.2, 0.25) is 0 Å². The van der Waals surface area contributed by atoms with E-state index in [1.165, 1.54) is 4.90 Å². The van der Waals surface area contributed by atoms with Crippen LogP contribution in [0, 0.1) is 0 Å². The van der Waals surface area contributed by atoms with Crippen LogP contribution < -0.4 is 5.56 Å². The Morgan fingerprint density at radius 1 is 0.939 bits per heavy atom. The van der Waals surface area contributed by atoms with Crippen molar-refractivity contribution in [1.29, 1.82) is 0 Å². The molecule has 2 aromatic heterocycles. The van der Waals surface area contributed by atoms with Crippen molar-refractivity contribution in [1.82, 2.24) is 29.8 Å². The molecule has 1 aliphatic heterocycles. The van der Waals surface area contributed by atoms with E-state index in [-0.39, 0.29) is 11.5 Å². The lowest BCUT2D eigenvalue weighted by Gasteiger charge is -2.33. The summed E-state index contributed by atoms with van der Waals surface area (Å²) in [5.41, 5.74) is 2.57. The van der Waals surface area contributed by atoms with Crippen LogP contribution in [0.25, 0.3) is 27.8 Å². The van der Waals surface area contributed by atoms with Gasteiger partial charge >= 0.3 is 6.09 Å². The Balaban J connectivity index is 1.34. The van der Waals surface area contributed by atoms with E-state index in [2.05, 4.69) is 15.3 Å². The number of H-pyrrole nitrogens is 1. The Labute approximate surface area is 187 Å². The Morgan fingerprint density at radius 2 is 1.64 bits per heavy atom. The predicted molar refractivity (Wildman–Crippen MR) is 120 cm³/mol. The van der Waals surface area contributed by atoms with Gasteiger partial charge in [-0.3, -0.25) is 9.59 Å². The highest BCUT2D eigenvalue weighted by atomic mass is 16.4. The van der Waals surface area contributed by atoms with E-state index in [1.54, 1.807) is 46.1 Å². The predicted octanol–water partition coefficient (Wildman–Crippen LogP) is 2.21. The number of carbonyl (C=O) groups is 2. The summed E-state index contributed by atoms with van der Waals surface area (Å²) in [5.74, 6) is -0.145. The molecule has 1 fully saturated rings. The van der Waals surface area contributed by atoms with Gasteiger partial charge in [0, 0.05) is 37.3 Å². The second-order valence-corrected chi connectivity index (χ2v) is 7.76. The summed E-state index contributed by atoms with van der Waals surface area (Å²) >= 11 is 0. The maximum atomic E-state index is 12.7. The van der Waals surface area contributed by atoms with Crippen LogP contribution in [0.3, 0.4) is 0 Å². The van der Waals surface area contributed by atoms with E-state index in [9.17, 15) is 14.4 Å². The number of nitrogens with one attached hydrogen (secondary N) is 1. The number of benzene rings is 2. The zero-order valence-electron chi connectivity index (χ0n) is 17.5. The van der Waals surface area contributed by atoms with Crippen LogP contribution in [-0.4, -0.2) is 73.1 Å². The molecule has 0 radical (unpaired) electrons. The van der Waals surface area contributed by atoms with Crippen molar-refractivity contribution in [3.8, 4) is 16.9 Å². The largest absolute Gasteiger partial charge is 0.465 e. The minimum absolute atomic E-state index is 0.145. The van der Waals surface area contributed by atoms with Gasteiger partial charge in [0.1, 0.15) is 5.69 Å². The number of carboxylic acid groups (broad SMARTS) is 1. The van der Waals surface area contributed by atoms with E-state index in [1.807, 2.05) is 24.3 Å². The van der Waals surface area contributed by atoms with E-state index in [0.717, 1.165) is 10.9 Å². The van der Waals surface area contributed by atoms with Crippen LogP contribution >= 0.6 is 0 Å². The lowest BCUT2D eigenvalue weighted by molar-refractivity contribution is 0.0625. The number of carbonyl (C=O) groups excluding carboxylic acids is 1. The third-order valence-electron chi connectivity index (χ3n) is 5.74. The molecule has 33 heavy (non-hydrogen) atoms. The fourth-order valence-corrected chi connectivity index (χ4v) is 3.89. The maximum Gasteiger partial charge on any atom is 0.407 e. The van der Waals surface area contributed by atoms with Gasteiger partial charge in [0.15, 0.2) is 0 Å². The molecule has 2 aromatic carbocycles. The van der Waals surface area contributed by atoms with E-state index < -0.39 is 6.09 Å². The Morgan fingerprint density at radius 3 is 2.36 bits per heavy atom. The summed E-state index contributed by atoms with van der Waals surface area (Å²) in [4.78, 5) is 42.1. The molecule has 2 N–H and O–H groups in total. The molecule has 10 nitrogen and oxygen atoms in total. The molecule has 0 spiro atoms. The summed E-state index contributed by atoms with van der Waals surface area (Å²) in [6.45, 7) is 1.32. The quantitative estimate of drug-likeness (QED) is 0.499. The normalized spacial score (nSPS) is 13.9. The number of pyridine rings is 1. The van der Waals surface area contributed by atoms with Gasteiger partial charge in [-0.1, -0.05) is 23.4 Å².